The molecule has 0 aromatic heterocycles. The van der Waals surface area contributed by atoms with E-state index in [1.54, 1.807) is 0 Å². The molecule has 0 aliphatic rings. The van der Waals surface area contributed by atoms with Crippen LogP contribution in [0.5, 0.6) is 0 Å². The first-order valence-electron chi connectivity index (χ1n) is 9.86. The number of rotatable bonds is 10. The van der Waals surface area contributed by atoms with Gasteiger partial charge in [0, 0.05) is 19.1 Å². The quantitative estimate of drug-likeness (QED) is 0.414. The molecule has 2 aromatic rings. The molecule has 0 fully saturated rings. The summed E-state index contributed by atoms with van der Waals surface area (Å²) in [4.78, 5) is 2.28. The van der Waals surface area contributed by atoms with Crippen molar-refractivity contribution in [2.24, 2.45) is 0 Å². The molecule has 0 aliphatic heterocycles. The molecule has 0 saturated carbocycles. The Labute approximate surface area is 164 Å². The van der Waals surface area contributed by atoms with E-state index in [-0.39, 0.29) is 0 Å². The number of unbranched alkanes of at least 4 members (excludes halogenated alkanes) is 2. The van der Waals surface area contributed by atoms with Crippen LogP contribution in [-0.4, -0.2) is 16.1 Å². The normalized spacial score (nSPS) is 11.8. The third-order valence-corrected chi connectivity index (χ3v) is 5.07. The molecule has 2 nitrogen and oxygen atoms in total. The summed E-state index contributed by atoms with van der Waals surface area (Å²) in [5, 5.41) is 4.49. The Hall–Kier alpha value is -1.87. The van der Waals surface area contributed by atoms with Crippen molar-refractivity contribution in [3.8, 4) is 0 Å². The van der Waals surface area contributed by atoms with Crippen LogP contribution in [0, 0.1) is 0 Å². The minimum absolute atomic E-state index is 0.461. The molecule has 3 heteroatoms. The molecule has 0 radical (unpaired) electrons. The lowest BCUT2D eigenvalue weighted by molar-refractivity contribution is 0.383. The topological polar surface area (TPSA) is 15.3 Å². The van der Waals surface area contributed by atoms with Crippen LogP contribution >= 0.6 is 12.2 Å². The van der Waals surface area contributed by atoms with E-state index in [0.29, 0.717) is 6.04 Å². The summed E-state index contributed by atoms with van der Waals surface area (Å²) in [6.07, 6.45) is 6.11. The van der Waals surface area contributed by atoms with Crippen molar-refractivity contribution in [2.75, 3.05) is 0 Å². The van der Waals surface area contributed by atoms with Gasteiger partial charge in [-0.25, -0.2) is 0 Å². The van der Waals surface area contributed by atoms with Crippen LogP contribution in [0.3, 0.4) is 0 Å². The van der Waals surface area contributed by atoms with Gasteiger partial charge in [-0.05, 0) is 36.2 Å². The van der Waals surface area contributed by atoms with E-state index in [9.17, 15) is 0 Å². The van der Waals surface area contributed by atoms with Crippen LogP contribution in [0.2, 0.25) is 0 Å². The highest BCUT2D eigenvalue weighted by Gasteiger charge is 2.15. The number of nitrogens with one attached hydrogen (secondary N) is 1. The summed E-state index contributed by atoms with van der Waals surface area (Å²) in [5.41, 5.74) is 2.57. The van der Waals surface area contributed by atoms with E-state index in [2.05, 4.69) is 84.7 Å². The minimum atomic E-state index is 0.461. The summed E-state index contributed by atoms with van der Waals surface area (Å²) < 4.78 is 0. The van der Waals surface area contributed by atoms with Gasteiger partial charge in [-0.1, -0.05) is 93.8 Å². The molecule has 0 spiro atoms. The van der Waals surface area contributed by atoms with Gasteiger partial charge >= 0.3 is 0 Å². The summed E-state index contributed by atoms with van der Waals surface area (Å²) in [5.74, 6) is 0. The Morgan fingerprint density at radius 3 is 1.88 bits per heavy atom. The molecule has 26 heavy (non-hydrogen) atoms. The highest BCUT2D eigenvalue weighted by atomic mass is 32.1. The first-order valence-corrected chi connectivity index (χ1v) is 10.3. The average molecular weight is 369 g/mol. The molecular formula is C23H32N2S. The Balaban J connectivity index is 2.04. The van der Waals surface area contributed by atoms with Gasteiger partial charge in [0.15, 0.2) is 5.11 Å². The third kappa shape index (κ3) is 7.17. The molecule has 140 valence electrons. The lowest BCUT2D eigenvalue weighted by Gasteiger charge is -2.29. The molecule has 0 heterocycles. The smallest absolute Gasteiger partial charge is 0.169 e. The highest BCUT2D eigenvalue weighted by Crippen LogP contribution is 2.12. The summed E-state index contributed by atoms with van der Waals surface area (Å²) >= 11 is 5.81. The SMILES string of the molecule is CCCCC[C@H](CC)NC(=S)N(Cc1ccccc1)Cc1ccccc1. The van der Waals surface area contributed by atoms with E-state index in [0.717, 1.165) is 24.6 Å². The van der Waals surface area contributed by atoms with Crippen molar-refractivity contribution >= 4 is 17.3 Å². The molecule has 2 rings (SSSR count). The van der Waals surface area contributed by atoms with Crippen LogP contribution in [-0.2, 0) is 13.1 Å². The number of benzene rings is 2. The molecule has 0 unspecified atom stereocenters. The van der Waals surface area contributed by atoms with Crippen LogP contribution < -0.4 is 5.32 Å². The minimum Gasteiger partial charge on any atom is -0.360 e. The number of nitrogens with zero attached hydrogens (tertiary/aromatic N) is 1. The van der Waals surface area contributed by atoms with Gasteiger partial charge < -0.3 is 10.2 Å². The summed E-state index contributed by atoms with van der Waals surface area (Å²) in [6.45, 7) is 6.14. The number of hydrogen-bond acceptors (Lipinski definition) is 1. The molecule has 2 aromatic carbocycles. The van der Waals surface area contributed by atoms with Crippen molar-refractivity contribution in [3.05, 3.63) is 71.8 Å². The third-order valence-electron chi connectivity index (χ3n) is 4.70. The van der Waals surface area contributed by atoms with Gasteiger partial charge in [0.05, 0.1) is 0 Å². The van der Waals surface area contributed by atoms with Crippen molar-refractivity contribution in [1.82, 2.24) is 10.2 Å². The second-order valence-corrected chi connectivity index (χ2v) is 7.26. The zero-order valence-corrected chi connectivity index (χ0v) is 17.0. The van der Waals surface area contributed by atoms with Gasteiger partial charge in [0.25, 0.3) is 0 Å². The first-order chi connectivity index (χ1) is 12.7. The number of thiocarbonyl (C=S) groups is 1. The maximum Gasteiger partial charge on any atom is 0.169 e. The van der Waals surface area contributed by atoms with E-state index in [1.807, 2.05) is 0 Å². The largest absolute Gasteiger partial charge is 0.360 e. The van der Waals surface area contributed by atoms with Gasteiger partial charge in [0.2, 0.25) is 0 Å². The van der Waals surface area contributed by atoms with Crippen molar-refractivity contribution in [1.29, 1.82) is 0 Å². The first kappa shape index (κ1) is 20.4. The zero-order valence-electron chi connectivity index (χ0n) is 16.2. The highest BCUT2D eigenvalue weighted by molar-refractivity contribution is 7.80. The van der Waals surface area contributed by atoms with E-state index in [4.69, 9.17) is 12.2 Å². The Morgan fingerprint density at radius 1 is 0.885 bits per heavy atom. The Kier molecular flexibility index (Phi) is 9.19. The fourth-order valence-electron chi connectivity index (χ4n) is 3.09. The maximum atomic E-state index is 5.81. The van der Waals surface area contributed by atoms with Crippen LogP contribution in [0.4, 0.5) is 0 Å². The molecule has 1 atom stereocenters. The second-order valence-electron chi connectivity index (χ2n) is 6.88. The molecule has 0 aliphatic carbocycles. The van der Waals surface area contributed by atoms with Crippen LogP contribution in [0.1, 0.15) is 57.1 Å². The fourth-order valence-corrected chi connectivity index (χ4v) is 3.39. The lowest BCUT2D eigenvalue weighted by Crippen LogP contribution is -2.43. The van der Waals surface area contributed by atoms with Crippen LogP contribution in [0.15, 0.2) is 60.7 Å². The standard InChI is InChI=1S/C23H32N2S/c1-3-5-8-17-22(4-2)24-23(26)25(18-20-13-9-6-10-14-20)19-21-15-11-7-12-16-21/h6-7,9-16,22H,3-5,8,17-19H2,1-2H3,(H,24,26)/t22-/m0/s1. The summed E-state index contributed by atoms with van der Waals surface area (Å²) in [6, 6.07) is 21.6. The molecule has 1 N–H and O–H groups in total. The Bertz CT molecular complexity index is 586. The average Bonchev–Trinajstić information content (AvgIpc) is 2.68. The molecule has 0 saturated heterocycles. The zero-order chi connectivity index (χ0) is 18.6. The predicted molar refractivity (Wildman–Crippen MR) is 116 cm³/mol. The summed E-state index contributed by atoms with van der Waals surface area (Å²) in [7, 11) is 0. The van der Waals surface area contributed by atoms with Gasteiger partial charge in [-0.3, -0.25) is 0 Å². The van der Waals surface area contributed by atoms with Crippen molar-refractivity contribution in [3.63, 3.8) is 0 Å². The van der Waals surface area contributed by atoms with E-state index < -0.39 is 0 Å². The second kappa shape index (κ2) is 11.7. The molecule has 0 bridgehead atoms. The van der Waals surface area contributed by atoms with E-state index in [1.165, 1.54) is 36.8 Å². The Morgan fingerprint density at radius 2 is 1.42 bits per heavy atom. The van der Waals surface area contributed by atoms with Gasteiger partial charge in [-0.2, -0.15) is 0 Å². The monoisotopic (exact) mass is 368 g/mol. The van der Waals surface area contributed by atoms with Crippen molar-refractivity contribution < 1.29 is 0 Å². The predicted octanol–water partition coefficient (Wildman–Crippen LogP) is 5.92. The van der Waals surface area contributed by atoms with Gasteiger partial charge in [-0.15, -0.1) is 0 Å². The lowest BCUT2D eigenvalue weighted by atomic mass is 10.1. The van der Waals surface area contributed by atoms with Crippen LogP contribution in [0.25, 0.3) is 0 Å². The fraction of sp³-hybridized carbons (Fsp3) is 0.435. The maximum absolute atomic E-state index is 5.81. The molecule has 0 amide bonds. The molecular weight excluding hydrogens is 336 g/mol. The van der Waals surface area contributed by atoms with Crippen molar-refractivity contribution in [2.45, 2.75) is 65.1 Å². The van der Waals surface area contributed by atoms with E-state index >= 15 is 0 Å². The van der Waals surface area contributed by atoms with Gasteiger partial charge in [0.1, 0.15) is 0 Å². The number of hydrogen-bond donors (Lipinski definition) is 1.